The third-order valence-corrected chi connectivity index (χ3v) is 4.30. The van der Waals surface area contributed by atoms with E-state index in [1.54, 1.807) is 6.07 Å². The van der Waals surface area contributed by atoms with Crippen LogP contribution in [0.2, 0.25) is 0 Å². The van der Waals surface area contributed by atoms with Crippen LogP contribution in [-0.4, -0.2) is 35.3 Å². The summed E-state index contributed by atoms with van der Waals surface area (Å²) in [6, 6.07) is 1.75. The summed E-state index contributed by atoms with van der Waals surface area (Å²) in [6.45, 7) is 2.70. The highest BCUT2D eigenvalue weighted by Crippen LogP contribution is 2.37. The van der Waals surface area contributed by atoms with Crippen LogP contribution in [0.25, 0.3) is 0 Å². The van der Waals surface area contributed by atoms with Gasteiger partial charge in [-0.1, -0.05) is 0 Å². The van der Waals surface area contributed by atoms with Gasteiger partial charge in [0, 0.05) is 19.5 Å². The van der Waals surface area contributed by atoms with Crippen LogP contribution in [0.15, 0.2) is 12.3 Å². The Morgan fingerprint density at radius 2 is 2.17 bits per heavy atom. The Morgan fingerprint density at radius 3 is 2.79 bits per heavy atom. The first-order chi connectivity index (χ1) is 11.1. The van der Waals surface area contributed by atoms with Gasteiger partial charge in [0.1, 0.15) is 0 Å². The summed E-state index contributed by atoms with van der Waals surface area (Å²) in [5.41, 5.74) is 0.300. The molecule has 0 bridgehead atoms. The van der Waals surface area contributed by atoms with Crippen LogP contribution in [0.5, 0.6) is 0 Å². The van der Waals surface area contributed by atoms with Gasteiger partial charge in [-0.3, -0.25) is 9.78 Å². The number of hydrogen-bond acceptors (Lipinski definition) is 4. The number of hydrogen-bond donors (Lipinski definition) is 3. The van der Waals surface area contributed by atoms with Gasteiger partial charge >= 0.3 is 12.1 Å². The molecule has 5 nitrogen and oxygen atoms in total. The van der Waals surface area contributed by atoms with Crippen molar-refractivity contribution in [3.8, 4) is 0 Å². The molecule has 2 heterocycles. The van der Waals surface area contributed by atoms with Gasteiger partial charge < -0.3 is 15.7 Å². The Bertz CT molecular complexity index is 603. The zero-order valence-electron chi connectivity index (χ0n) is 13.7. The Balaban J connectivity index is 1.97. The van der Waals surface area contributed by atoms with E-state index < -0.39 is 17.6 Å². The van der Waals surface area contributed by atoms with Crippen molar-refractivity contribution in [2.45, 2.75) is 39.3 Å². The van der Waals surface area contributed by atoms with E-state index in [-0.39, 0.29) is 18.9 Å². The first-order valence-corrected chi connectivity index (χ1v) is 7.84. The molecule has 0 aliphatic carbocycles. The van der Waals surface area contributed by atoms with Crippen molar-refractivity contribution < 1.29 is 23.1 Å². The molecule has 0 spiro atoms. The fraction of sp³-hybridized carbons (Fsp3) is 0.625. The molecule has 1 aromatic heterocycles. The molecule has 3 N–H and O–H groups in total. The van der Waals surface area contributed by atoms with Crippen LogP contribution in [0, 0.1) is 11.3 Å². The lowest BCUT2D eigenvalue weighted by Gasteiger charge is -2.29. The number of halogens is 3. The highest BCUT2D eigenvalue weighted by atomic mass is 19.4. The van der Waals surface area contributed by atoms with Crippen LogP contribution in [0.1, 0.15) is 32.4 Å². The largest absolute Gasteiger partial charge is 0.481 e. The number of carbonyl (C=O) groups is 1. The first-order valence-electron chi connectivity index (χ1n) is 7.84. The van der Waals surface area contributed by atoms with Crippen LogP contribution in [-0.2, 0) is 11.2 Å². The predicted molar refractivity (Wildman–Crippen MR) is 85.1 cm³/mol. The van der Waals surface area contributed by atoms with E-state index >= 15 is 0 Å². The zero-order valence-corrected chi connectivity index (χ0v) is 13.7. The molecule has 1 atom stereocenters. The van der Waals surface area contributed by atoms with Gasteiger partial charge in [-0.2, -0.15) is 13.2 Å². The van der Waals surface area contributed by atoms with Crippen molar-refractivity contribution in [2.24, 2.45) is 11.3 Å². The second kappa shape index (κ2) is 6.86. The maximum absolute atomic E-state index is 12.9. The lowest BCUT2D eigenvalue weighted by molar-refractivity contribution is -0.206. The molecule has 0 saturated carbocycles. The summed E-state index contributed by atoms with van der Waals surface area (Å²) in [5, 5.41) is 14.7. The van der Waals surface area contributed by atoms with E-state index in [0.29, 0.717) is 25.1 Å². The van der Waals surface area contributed by atoms with Crippen molar-refractivity contribution in [3.05, 3.63) is 18.0 Å². The zero-order chi connectivity index (χ0) is 18.0. The molecule has 1 aromatic rings. The van der Waals surface area contributed by atoms with Gasteiger partial charge in [0.2, 0.25) is 0 Å². The maximum Gasteiger partial charge on any atom is 0.395 e. The number of carboxylic acids is 1. The highest BCUT2D eigenvalue weighted by molar-refractivity contribution is 5.66. The molecule has 134 valence electrons. The minimum atomic E-state index is -4.28. The third-order valence-electron chi connectivity index (χ3n) is 4.30. The van der Waals surface area contributed by atoms with Crippen LogP contribution >= 0.6 is 0 Å². The molecule has 0 aromatic carbocycles. The number of aromatic nitrogens is 1. The minimum absolute atomic E-state index is 0.119. The standard InChI is InChI=1S/C16H22F3N3O2/c1-15(2,16(17,18)19)9-22-11-6-13-12(21-8-11)5-10(7-20-13)3-4-14(23)24/h6,8,10,20,22H,3-5,7,9H2,1-2H3,(H,23,24). The number of nitrogens with one attached hydrogen (secondary N) is 2. The SMILES string of the molecule is CC(C)(CNc1cnc2c(c1)NCC(CCC(=O)O)C2)C(F)(F)F. The van der Waals surface area contributed by atoms with Crippen molar-refractivity contribution in [2.75, 3.05) is 23.7 Å². The van der Waals surface area contributed by atoms with Crippen molar-refractivity contribution in [1.82, 2.24) is 4.98 Å². The van der Waals surface area contributed by atoms with E-state index in [2.05, 4.69) is 15.6 Å². The Morgan fingerprint density at radius 1 is 1.46 bits per heavy atom. The first kappa shape index (κ1) is 18.4. The molecular formula is C16H22F3N3O2. The summed E-state index contributed by atoms with van der Waals surface area (Å²) in [6.07, 6.45) is -1.40. The summed E-state index contributed by atoms with van der Waals surface area (Å²) in [7, 11) is 0. The number of carboxylic acid groups (broad SMARTS) is 1. The molecule has 24 heavy (non-hydrogen) atoms. The number of fused-ring (bicyclic) bond motifs is 1. The Hall–Kier alpha value is -1.99. The highest BCUT2D eigenvalue weighted by Gasteiger charge is 2.46. The molecule has 2 rings (SSSR count). The van der Waals surface area contributed by atoms with Gasteiger partial charge in [-0.15, -0.1) is 0 Å². The Labute approximate surface area is 138 Å². The topological polar surface area (TPSA) is 74.2 Å². The van der Waals surface area contributed by atoms with Crippen molar-refractivity contribution in [3.63, 3.8) is 0 Å². The summed E-state index contributed by atoms with van der Waals surface area (Å²) < 4.78 is 38.6. The van der Waals surface area contributed by atoms with Crippen LogP contribution in [0.4, 0.5) is 24.5 Å². The quantitative estimate of drug-likeness (QED) is 0.735. The average Bonchev–Trinajstić information content (AvgIpc) is 2.49. The van der Waals surface area contributed by atoms with E-state index in [4.69, 9.17) is 5.11 Å². The normalized spacial score (nSPS) is 17.8. The predicted octanol–water partition coefficient (Wildman–Crippen LogP) is 3.53. The third kappa shape index (κ3) is 4.52. The molecule has 1 aliphatic heterocycles. The molecule has 8 heteroatoms. The average molecular weight is 345 g/mol. The van der Waals surface area contributed by atoms with Gasteiger partial charge in [0.15, 0.2) is 0 Å². The van der Waals surface area contributed by atoms with Crippen molar-refractivity contribution >= 4 is 17.3 Å². The summed E-state index contributed by atoms with van der Waals surface area (Å²) in [4.78, 5) is 14.9. The summed E-state index contributed by atoms with van der Waals surface area (Å²) in [5.74, 6) is -0.621. The van der Waals surface area contributed by atoms with Gasteiger partial charge in [-0.25, -0.2) is 0 Å². The molecule has 0 amide bonds. The summed E-state index contributed by atoms with van der Waals surface area (Å²) >= 11 is 0. The molecule has 0 fully saturated rings. The van der Waals surface area contributed by atoms with E-state index in [0.717, 1.165) is 25.2 Å². The van der Waals surface area contributed by atoms with E-state index in [9.17, 15) is 18.0 Å². The maximum atomic E-state index is 12.9. The monoisotopic (exact) mass is 345 g/mol. The van der Waals surface area contributed by atoms with Crippen molar-refractivity contribution in [1.29, 1.82) is 0 Å². The molecular weight excluding hydrogens is 323 g/mol. The lowest BCUT2D eigenvalue weighted by Crippen LogP contribution is -2.38. The fourth-order valence-corrected chi connectivity index (χ4v) is 2.46. The smallest absolute Gasteiger partial charge is 0.395 e. The van der Waals surface area contributed by atoms with Gasteiger partial charge in [0.05, 0.1) is 28.7 Å². The second-order valence-corrected chi connectivity index (χ2v) is 6.84. The number of aliphatic carboxylic acids is 1. The molecule has 1 unspecified atom stereocenters. The van der Waals surface area contributed by atoms with Crippen LogP contribution in [0.3, 0.4) is 0 Å². The van der Waals surface area contributed by atoms with Gasteiger partial charge in [-0.05, 0) is 38.7 Å². The number of alkyl halides is 3. The fourth-order valence-electron chi connectivity index (χ4n) is 2.46. The number of pyridine rings is 1. The van der Waals surface area contributed by atoms with E-state index in [1.807, 2.05) is 0 Å². The van der Waals surface area contributed by atoms with E-state index in [1.165, 1.54) is 6.20 Å². The molecule has 0 radical (unpaired) electrons. The molecule has 1 aliphatic rings. The Kier molecular flexibility index (Phi) is 5.25. The number of anilines is 2. The second-order valence-electron chi connectivity index (χ2n) is 6.84. The van der Waals surface area contributed by atoms with Gasteiger partial charge in [0.25, 0.3) is 0 Å². The minimum Gasteiger partial charge on any atom is -0.481 e. The lowest BCUT2D eigenvalue weighted by atomic mass is 9.92. The number of rotatable bonds is 6. The molecule has 0 saturated heterocycles. The number of nitrogens with zero attached hydrogens (tertiary/aromatic N) is 1. The van der Waals surface area contributed by atoms with Crippen LogP contribution < -0.4 is 10.6 Å².